The summed E-state index contributed by atoms with van der Waals surface area (Å²) in [5, 5.41) is 10.1. The van der Waals surface area contributed by atoms with Gasteiger partial charge in [0.25, 0.3) is 0 Å². The van der Waals surface area contributed by atoms with E-state index in [2.05, 4.69) is 275 Å². The van der Waals surface area contributed by atoms with E-state index in [4.69, 9.17) is 0 Å². The SMILES string of the molecule is CC(C)(C)c1cc(-c2ccccc2N(c2ccccc2-c2ccccc2)c2ccc3ccc4c(-n5c6ccc(C(C)(C)C)cc6c6cc(C(C)(C)C)ccc65)ccc5ccc2c3c54)cc(C(C)(C)C)c1. The van der Waals surface area contributed by atoms with Gasteiger partial charge in [-0.3, -0.25) is 0 Å². The van der Waals surface area contributed by atoms with Gasteiger partial charge in [0.15, 0.2) is 0 Å². The van der Waals surface area contributed by atoms with E-state index in [0.29, 0.717) is 0 Å². The molecular formula is C68H66N2. The van der Waals surface area contributed by atoms with Gasteiger partial charge in [0.05, 0.1) is 33.8 Å². The zero-order chi connectivity index (χ0) is 49.1. The first-order valence-corrected chi connectivity index (χ1v) is 25.3. The lowest BCUT2D eigenvalue weighted by Gasteiger charge is -2.32. The summed E-state index contributed by atoms with van der Waals surface area (Å²) in [7, 11) is 0. The summed E-state index contributed by atoms with van der Waals surface area (Å²) in [6, 6.07) is 69.3. The monoisotopic (exact) mass is 911 g/mol. The molecule has 1 aromatic heterocycles. The van der Waals surface area contributed by atoms with Crippen molar-refractivity contribution in [2.24, 2.45) is 0 Å². The van der Waals surface area contributed by atoms with Crippen molar-refractivity contribution < 1.29 is 0 Å². The Morgan fingerprint density at radius 2 is 0.757 bits per heavy atom. The molecule has 0 N–H and O–H groups in total. The van der Waals surface area contributed by atoms with Gasteiger partial charge in [-0.2, -0.15) is 0 Å². The molecule has 0 fully saturated rings. The van der Waals surface area contributed by atoms with Gasteiger partial charge in [0.1, 0.15) is 0 Å². The van der Waals surface area contributed by atoms with Crippen LogP contribution < -0.4 is 4.90 Å². The Morgan fingerprint density at radius 3 is 1.29 bits per heavy atom. The summed E-state index contributed by atoms with van der Waals surface area (Å²) in [6.07, 6.45) is 0. The largest absolute Gasteiger partial charge is 0.309 e. The average molecular weight is 911 g/mol. The summed E-state index contributed by atoms with van der Waals surface area (Å²) in [5.74, 6) is 0. The van der Waals surface area contributed by atoms with Crippen LogP contribution in [0, 0.1) is 0 Å². The van der Waals surface area contributed by atoms with Crippen LogP contribution in [-0.4, -0.2) is 4.57 Å². The molecule has 2 nitrogen and oxygen atoms in total. The van der Waals surface area contributed by atoms with Gasteiger partial charge in [-0.15, -0.1) is 0 Å². The predicted octanol–water partition coefficient (Wildman–Crippen LogP) is 19.7. The lowest BCUT2D eigenvalue weighted by molar-refractivity contribution is 0.569. The molecule has 1 heterocycles. The van der Waals surface area contributed by atoms with Gasteiger partial charge in [-0.25, -0.2) is 0 Å². The first-order chi connectivity index (χ1) is 33.3. The highest BCUT2D eigenvalue weighted by Crippen LogP contribution is 2.50. The molecule has 0 radical (unpaired) electrons. The molecule has 0 spiro atoms. The Hall–Kier alpha value is -7.16. The summed E-state index contributed by atoms with van der Waals surface area (Å²) in [5.41, 5.74) is 17.2. The van der Waals surface area contributed by atoms with E-state index in [-0.39, 0.29) is 21.7 Å². The fourth-order valence-corrected chi connectivity index (χ4v) is 10.9. The molecule has 11 aromatic rings. The highest BCUT2D eigenvalue weighted by atomic mass is 15.1. The van der Waals surface area contributed by atoms with Crippen LogP contribution in [0.25, 0.3) is 82.1 Å². The number of fused-ring (bicyclic) bond motifs is 3. The predicted molar refractivity (Wildman–Crippen MR) is 305 cm³/mol. The zero-order valence-electron chi connectivity index (χ0n) is 43.2. The third-order valence-electron chi connectivity index (χ3n) is 14.9. The molecule has 2 heteroatoms. The molecule has 0 saturated carbocycles. The van der Waals surface area contributed by atoms with E-state index in [1.54, 1.807) is 0 Å². The van der Waals surface area contributed by atoms with Crippen LogP contribution in [0.1, 0.15) is 105 Å². The van der Waals surface area contributed by atoms with Crippen LogP contribution in [-0.2, 0) is 21.7 Å². The highest BCUT2D eigenvalue weighted by molar-refractivity contribution is 6.28. The summed E-state index contributed by atoms with van der Waals surface area (Å²) >= 11 is 0. The molecule has 0 bridgehead atoms. The summed E-state index contributed by atoms with van der Waals surface area (Å²) in [6.45, 7) is 27.9. The fraction of sp³-hybridized carbons (Fsp3) is 0.235. The molecule has 348 valence electrons. The number of para-hydroxylation sites is 2. The molecule has 0 amide bonds. The lowest BCUT2D eigenvalue weighted by atomic mass is 9.78. The van der Waals surface area contributed by atoms with Crippen molar-refractivity contribution in [1.82, 2.24) is 4.57 Å². The second-order valence-corrected chi connectivity index (χ2v) is 23.9. The van der Waals surface area contributed by atoms with Gasteiger partial charge in [0.2, 0.25) is 0 Å². The topological polar surface area (TPSA) is 8.17 Å². The third-order valence-corrected chi connectivity index (χ3v) is 14.9. The van der Waals surface area contributed by atoms with Crippen molar-refractivity contribution >= 4 is 71.2 Å². The Balaban J connectivity index is 1.20. The number of nitrogens with zero attached hydrogens (tertiary/aromatic N) is 2. The quantitative estimate of drug-likeness (QED) is 0.151. The third kappa shape index (κ3) is 7.64. The van der Waals surface area contributed by atoms with Crippen LogP contribution in [0.3, 0.4) is 0 Å². The van der Waals surface area contributed by atoms with Crippen molar-refractivity contribution in [3.8, 4) is 27.9 Å². The second-order valence-electron chi connectivity index (χ2n) is 23.9. The minimum absolute atomic E-state index is 0.0246. The highest BCUT2D eigenvalue weighted by Gasteiger charge is 2.28. The molecular weight excluding hydrogens is 845 g/mol. The first-order valence-electron chi connectivity index (χ1n) is 25.3. The minimum Gasteiger partial charge on any atom is -0.309 e. The molecule has 0 atom stereocenters. The molecule has 0 saturated heterocycles. The Labute approximate surface area is 415 Å². The number of aromatic nitrogens is 1. The van der Waals surface area contributed by atoms with Crippen LogP contribution in [0.5, 0.6) is 0 Å². The smallest absolute Gasteiger partial charge is 0.0541 e. The van der Waals surface area contributed by atoms with Crippen LogP contribution in [0.15, 0.2) is 182 Å². The molecule has 0 unspecified atom stereocenters. The maximum absolute atomic E-state index is 2.55. The fourth-order valence-electron chi connectivity index (χ4n) is 10.9. The maximum atomic E-state index is 2.55. The number of hydrogen-bond acceptors (Lipinski definition) is 1. The van der Waals surface area contributed by atoms with Crippen molar-refractivity contribution in [1.29, 1.82) is 0 Å². The molecule has 10 aromatic carbocycles. The molecule has 0 aliphatic rings. The van der Waals surface area contributed by atoms with Crippen LogP contribution >= 0.6 is 0 Å². The molecule has 11 rings (SSSR count). The summed E-state index contributed by atoms with van der Waals surface area (Å²) in [4.78, 5) is 2.55. The van der Waals surface area contributed by atoms with Crippen molar-refractivity contribution in [3.05, 3.63) is 204 Å². The number of rotatable bonds is 6. The molecule has 0 aliphatic heterocycles. The normalized spacial score (nSPS) is 12.9. The van der Waals surface area contributed by atoms with Gasteiger partial charge >= 0.3 is 0 Å². The summed E-state index contributed by atoms with van der Waals surface area (Å²) < 4.78 is 2.53. The van der Waals surface area contributed by atoms with Crippen LogP contribution in [0.4, 0.5) is 17.1 Å². The number of anilines is 3. The van der Waals surface area contributed by atoms with Gasteiger partial charge in [-0.1, -0.05) is 217 Å². The van der Waals surface area contributed by atoms with E-state index in [1.807, 2.05) is 0 Å². The van der Waals surface area contributed by atoms with E-state index < -0.39 is 0 Å². The van der Waals surface area contributed by atoms with Crippen molar-refractivity contribution in [2.75, 3.05) is 4.90 Å². The maximum Gasteiger partial charge on any atom is 0.0541 e. The van der Waals surface area contributed by atoms with E-state index in [9.17, 15) is 0 Å². The lowest BCUT2D eigenvalue weighted by Crippen LogP contribution is -2.17. The van der Waals surface area contributed by atoms with E-state index in [1.165, 1.54) is 104 Å². The van der Waals surface area contributed by atoms with Crippen molar-refractivity contribution in [2.45, 2.75) is 105 Å². The average Bonchev–Trinajstić information content (AvgIpc) is 3.66. The Morgan fingerprint density at radius 1 is 0.314 bits per heavy atom. The van der Waals surface area contributed by atoms with E-state index in [0.717, 1.165) is 17.1 Å². The zero-order valence-corrected chi connectivity index (χ0v) is 43.2. The second kappa shape index (κ2) is 16.2. The minimum atomic E-state index is -0.0283. The van der Waals surface area contributed by atoms with Crippen molar-refractivity contribution in [3.63, 3.8) is 0 Å². The molecule has 0 aliphatic carbocycles. The Kier molecular flexibility index (Phi) is 10.5. The standard InChI is InChI=1S/C68H66N2/c1-65(2,3)47-30-36-61-55(41-47)56-42-48(66(4,5)6)31-37-62(56)70(61)60-35-29-45-26-32-53-59(34-28-44-27-33-54(60)64(45)63(44)53)69(57-24-18-16-22-51(57)43-20-14-13-15-21-43)58-25-19-17-23-52(58)46-38-49(67(7,8)9)40-50(39-46)68(10,11)12/h13-42H,1-12H3. The molecule has 70 heavy (non-hydrogen) atoms. The van der Waals surface area contributed by atoms with Gasteiger partial charge < -0.3 is 9.47 Å². The number of benzene rings is 10. The van der Waals surface area contributed by atoms with Gasteiger partial charge in [-0.05, 0) is 125 Å². The Bertz CT molecular complexity index is 3690. The first kappa shape index (κ1) is 45.3. The van der Waals surface area contributed by atoms with Crippen LogP contribution in [0.2, 0.25) is 0 Å². The number of hydrogen-bond donors (Lipinski definition) is 0. The van der Waals surface area contributed by atoms with Gasteiger partial charge in [0, 0.05) is 32.7 Å². The van der Waals surface area contributed by atoms with E-state index >= 15 is 0 Å².